The number of nitrogens with zero attached hydrogens (tertiary/aromatic N) is 1. The van der Waals surface area contributed by atoms with Crippen LogP contribution in [0.25, 0.3) is 0 Å². The van der Waals surface area contributed by atoms with Gasteiger partial charge in [0.15, 0.2) is 0 Å². The van der Waals surface area contributed by atoms with E-state index in [1.807, 2.05) is 25.7 Å². The lowest BCUT2D eigenvalue weighted by Crippen LogP contribution is -2.47. The Bertz CT molecular complexity index is 304. The van der Waals surface area contributed by atoms with Crippen molar-refractivity contribution in [3.63, 3.8) is 0 Å². The highest BCUT2D eigenvalue weighted by molar-refractivity contribution is 5.68. The lowest BCUT2D eigenvalue weighted by molar-refractivity contribution is 0.000531. The molecule has 4 heteroatoms. The number of hydrogen-bond acceptors (Lipinski definition) is 3. The predicted molar refractivity (Wildman–Crippen MR) is 64.7 cm³/mol. The second-order valence-corrected chi connectivity index (χ2v) is 6.43. The SMILES string of the molecule is CC(C)(C)OC(=O)N1CC[C@H](CO)C2(CC2)C1. The van der Waals surface area contributed by atoms with E-state index in [0.29, 0.717) is 12.5 Å². The Hall–Kier alpha value is -0.770. The summed E-state index contributed by atoms with van der Waals surface area (Å²) in [6.45, 7) is 7.38. The fourth-order valence-corrected chi connectivity index (χ4v) is 2.70. The van der Waals surface area contributed by atoms with Gasteiger partial charge in [-0.15, -0.1) is 0 Å². The first-order chi connectivity index (χ1) is 7.86. The molecule has 17 heavy (non-hydrogen) atoms. The monoisotopic (exact) mass is 241 g/mol. The van der Waals surface area contributed by atoms with Gasteiger partial charge < -0.3 is 14.7 Å². The Morgan fingerprint density at radius 3 is 2.59 bits per heavy atom. The van der Waals surface area contributed by atoms with E-state index in [0.717, 1.165) is 25.8 Å². The number of carbonyl (C=O) groups excluding carboxylic acids is 1. The molecule has 1 heterocycles. The van der Waals surface area contributed by atoms with E-state index < -0.39 is 5.60 Å². The fourth-order valence-electron chi connectivity index (χ4n) is 2.70. The maximum absolute atomic E-state index is 12.0. The Morgan fingerprint density at radius 1 is 1.47 bits per heavy atom. The predicted octanol–water partition coefficient (Wildman–Crippen LogP) is 2.02. The summed E-state index contributed by atoms with van der Waals surface area (Å²) in [7, 11) is 0. The first kappa shape index (κ1) is 12.7. The van der Waals surface area contributed by atoms with Crippen LogP contribution in [-0.4, -0.2) is 41.4 Å². The summed E-state index contributed by atoms with van der Waals surface area (Å²) in [6, 6.07) is 0. The van der Waals surface area contributed by atoms with Crippen LogP contribution in [0, 0.1) is 11.3 Å². The Morgan fingerprint density at radius 2 is 2.12 bits per heavy atom. The maximum atomic E-state index is 12.0. The van der Waals surface area contributed by atoms with Crippen LogP contribution in [0.1, 0.15) is 40.0 Å². The first-order valence-electron chi connectivity index (χ1n) is 6.45. The van der Waals surface area contributed by atoms with E-state index in [-0.39, 0.29) is 18.1 Å². The molecular weight excluding hydrogens is 218 g/mol. The van der Waals surface area contributed by atoms with Gasteiger partial charge in [-0.1, -0.05) is 0 Å². The number of hydrogen-bond donors (Lipinski definition) is 1. The van der Waals surface area contributed by atoms with Crippen molar-refractivity contribution in [2.45, 2.75) is 45.6 Å². The van der Waals surface area contributed by atoms with E-state index in [2.05, 4.69) is 0 Å². The largest absolute Gasteiger partial charge is 0.444 e. The molecule has 0 bridgehead atoms. The van der Waals surface area contributed by atoms with E-state index in [1.165, 1.54) is 0 Å². The van der Waals surface area contributed by atoms with Gasteiger partial charge in [0.2, 0.25) is 0 Å². The highest BCUT2D eigenvalue weighted by Crippen LogP contribution is 2.55. The summed E-state index contributed by atoms with van der Waals surface area (Å²) in [4.78, 5) is 13.8. The zero-order chi connectivity index (χ0) is 12.7. The Kier molecular flexibility index (Phi) is 3.10. The lowest BCUT2D eigenvalue weighted by atomic mass is 9.83. The second-order valence-electron chi connectivity index (χ2n) is 6.43. The van der Waals surface area contributed by atoms with Gasteiger partial charge in [0.25, 0.3) is 0 Å². The zero-order valence-electron chi connectivity index (χ0n) is 11.0. The standard InChI is InChI=1S/C13H23NO3/c1-12(2,3)17-11(16)14-7-4-10(8-15)13(9-14)5-6-13/h10,15H,4-9H2,1-3H3/t10-/m1/s1. The van der Waals surface area contributed by atoms with E-state index in [4.69, 9.17) is 4.74 Å². The minimum atomic E-state index is -0.429. The average molecular weight is 241 g/mol. The second kappa shape index (κ2) is 4.16. The summed E-state index contributed by atoms with van der Waals surface area (Å²) in [6.07, 6.45) is 2.96. The molecule has 0 aromatic heterocycles. The molecule has 98 valence electrons. The summed E-state index contributed by atoms with van der Waals surface area (Å²) in [5.74, 6) is 0.376. The minimum absolute atomic E-state index is 0.198. The summed E-state index contributed by atoms with van der Waals surface area (Å²) in [5, 5.41) is 9.34. The third-order valence-electron chi connectivity index (χ3n) is 3.88. The molecule has 0 unspecified atom stereocenters. The van der Waals surface area contributed by atoms with Crippen molar-refractivity contribution in [3.8, 4) is 0 Å². The van der Waals surface area contributed by atoms with Crippen LogP contribution in [-0.2, 0) is 4.74 Å². The molecule has 0 aromatic carbocycles. The molecule has 2 rings (SSSR count). The van der Waals surface area contributed by atoms with Gasteiger partial charge in [-0.2, -0.15) is 0 Å². The van der Waals surface area contributed by atoms with Gasteiger partial charge in [0, 0.05) is 19.7 Å². The highest BCUT2D eigenvalue weighted by Gasteiger charge is 2.53. The summed E-state index contributed by atoms with van der Waals surface area (Å²) in [5.41, 5.74) is -0.231. The third-order valence-corrected chi connectivity index (χ3v) is 3.88. The zero-order valence-corrected chi connectivity index (χ0v) is 11.0. The number of carbonyl (C=O) groups is 1. The van der Waals surface area contributed by atoms with Crippen molar-refractivity contribution >= 4 is 6.09 Å². The topological polar surface area (TPSA) is 49.8 Å². The molecule has 0 aromatic rings. The third kappa shape index (κ3) is 2.73. The molecule has 4 nitrogen and oxygen atoms in total. The van der Waals surface area contributed by atoms with Gasteiger partial charge in [0.05, 0.1) is 0 Å². The van der Waals surface area contributed by atoms with Gasteiger partial charge in [-0.05, 0) is 51.4 Å². The normalized spacial score (nSPS) is 27.1. The Balaban J connectivity index is 1.94. The van der Waals surface area contributed by atoms with Crippen LogP contribution in [0.2, 0.25) is 0 Å². The van der Waals surface area contributed by atoms with Crippen LogP contribution < -0.4 is 0 Å². The molecule has 1 aliphatic heterocycles. The number of rotatable bonds is 1. The Labute approximate surface area is 103 Å². The number of aliphatic hydroxyl groups excluding tert-OH is 1. The molecule has 1 aliphatic carbocycles. The van der Waals surface area contributed by atoms with Crippen LogP contribution in [0.15, 0.2) is 0 Å². The average Bonchev–Trinajstić information content (AvgIpc) is 2.96. The summed E-state index contributed by atoms with van der Waals surface area (Å²) >= 11 is 0. The van der Waals surface area contributed by atoms with Gasteiger partial charge in [-0.25, -0.2) is 4.79 Å². The molecule has 2 fully saturated rings. The molecule has 1 saturated carbocycles. The number of aliphatic hydroxyl groups is 1. The number of likely N-dealkylation sites (tertiary alicyclic amines) is 1. The molecule has 1 spiro atoms. The van der Waals surface area contributed by atoms with E-state index >= 15 is 0 Å². The summed E-state index contributed by atoms with van der Waals surface area (Å²) < 4.78 is 5.39. The van der Waals surface area contributed by atoms with Gasteiger partial charge in [0.1, 0.15) is 5.60 Å². The van der Waals surface area contributed by atoms with E-state index in [9.17, 15) is 9.90 Å². The van der Waals surface area contributed by atoms with Crippen molar-refractivity contribution in [3.05, 3.63) is 0 Å². The van der Waals surface area contributed by atoms with Crippen LogP contribution in [0.3, 0.4) is 0 Å². The van der Waals surface area contributed by atoms with Crippen molar-refractivity contribution in [1.29, 1.82) is 0 Å². The fraction of sp³-hybridized carbons (Fsp3) is 0.923. The van der Waals surface area contributed by atoms with Crippen molar-refractivity contribution in [1.82, 2.24) is 4.90 Å². The number of ether oxygens (including phenoxy) is 1. The van der Waals surface area contributed by atoms with Crippen molar-refractivity contribution < 1.29 is 14.6 Å². The van der Waals surface area contributed by atoms with Crippen LogP contribution >= 0.6 is 0 Å². The first-order valence-corrected chi connectivity index (χ1v) is 6.45. The lowest BCUT2D eigenvalue weighted by Gasteiger charge is -2.38. The quantitative estimate of drug-likeness (QED) is 0.764. The molecule has 1 saturated heterocycles. The van der Waals surface area contributed by atoms with Gasteiger partial charge in [-0.3, -0.25) is 0 Å². The molecule has 1 amide bonds. The van der Waals surface area contributed by atoms with Crippen LogP contribution in [0.5, 0.6) is 0 Å². The number of amides is 1. The maximum Gasteiger partial charge on any atom is 0.410 e. The molecular formula is C13H23NO3. The minimum Gasteiger partial charge on any atom is -0.444 e. The smallest absolute Gasteiger partial charge is 0.410 e. The molecule has 1 N–H and O–H groups in total. The molecule has 1 atom stereocenters. The van der Waals surface area contributed by atoms with Gasteiger partial charge >= 0.3 is 6.09 Å². The van der Waals surface area contributed by atoms with Crippen LogP contribution in [0.4, 0.5) is 4.79 Å². The molecule has 2 aliphatic rings. The van der Waals surface area contributed by atoms with E-state index in [1.54, 1.807) is 0 Å². The van der Waals surface area contributed by atoms with Crippen molar-refractivity contribution in [2.75, 3.05) is 19.7 Å². The number of piperidine rings is 1. The molecule has 0 radical (unpaired) electrons. The van der Waals surface area contributed by atoms with Crippen molar-refractivity contribution in [2.24, 2.45) is 11.3 Å². The highest BCUT2D eigenvalue weighted by atomic mass is 16.6.